The van der Waals surface area contributed by atoms with Crippen LogP contribution in [0.3, 0.4) is 0 Å². The third-order valence-corrected chi connectivity index (χ3v) is 6.05. The first-order valence-corrected chi connectivity index (χ1v) is 7.27. The standard InChI is InChI=1S/C15H23NO/c1-2-11-5-6-14(8-11,10-16)15(17)9-12-3-4-13(15)7-12/h11-13,17H,2-9H2,1H3. The van der Waals surface area contributed by atoms with Gasteiger partial charge in [-0.25, -0.2) is 0 Å². The van der Waals surface area contributed by atoms with E-state index in [-0.39, 0.29) is 0 Å². The van der Waals surface area contributed by atoms with Crippen molar-refractivity contribution >= 4 is 0 Å². The van der Waals surface area contributed by atoms with E-state index < -0.39 is 11.0 Å². The molecule has 0 heterocycles. The Morgan fingerprint density at radius 2 is 2.12 bits per heavy atom. The normalized spacial score (nSPS) is 52.9. The Kier molecular flexibility index (Phi) is 2.52. The maximum atomic E-state index is 11.1. The van der Waals surface area contributed by atoms with Crippen LogP contribution < -0.4 is 0 Å². The third kappa shape index (κ3) is 1.41. The van der Waals surface area contributed by atoms with Gasteiger partial charge in [0.05, 0.1) is 17.1 Å². The van der Waals surface area contributed by atoms with Gasteiger partial charge in [-0.15, -0.1) is 0 Å². The molecule has 0 aromatic rings. The van der Waals surface area contributed by atoms with Crippen molar-refractivity contribution in [2.24, 2.45) is 23.2 Å². The molecule has 0 aromatic heterocycles. The highest BCUT2D eigenvalue weighted by Crippen LogP contribution is 2.62. The lowest BCUT2D eigenvalue weighted by atomic mass is 9.63. The summed E-state index contributed by atoms with van der Waals surface area (Å²) in [6.45, 7) is 2.21. The molecule has 2 heteroatoms. The number of nitriles is 1. The van der Waals surface area contributed by atoms with Gasteiger partial charge in [0.15, 0.2) is 0 Å². The van der Waals surface area contributed by atoms with Gasteiger partial charge in [0.25, 0.3) is 0 Å². The Morgan fingerprint density at radius 3 is 2.59 bits per heavy atom. The van der Waals surface area contributed by atoms with Gasteiger partial charge in [-0.3, -0.25) is 0 Å². The molecule has 5 atom stereocenters. The lowest BCUT2D eigenvalue weighted by Crippen LogP contribution is -2.50. The maximum Gasteiger partial charge on any atom is 0.0865 e. The topological polar surface area (TPSA) is 44.0 Å². The highest BCUT2D eigenvalue weighted by molar-refractivity contribution is 5.20. The van der Waals surface area contributed by atoms with Crippen LogP contribution in [0.1, 0.15) is 58.3 Å². The van der Waals surface area contributed by atoms with Crippen LogP contribution in [-0.2, 0) is 0 Å². The zero-order valence-corrected chi connectivity index (χ0v) is 10.8. The number of aliphatic hydroxyl groups is 1. The molecule has 1 N–H and O–H groups in total. The summed E-state index contributed by atoms with van der Waals surface area (Å²) < 4.78 is 0. The van der Waals surface area contributed by atoms with E-state index in [4.69, 9.17) is 0 Å². The molecule has 5 unspecified atom stereocenters. The molecule has 2 nitrogen and oxygen atoms in total. The second-order valence-electron chi connectivity index (χ2n) is 6.72. The van der Waals surface area contributed by atoms with Crippen molar-refractivity contribution in [3.63, 3.8) is 0 Å². The summed E-state index contributed by atoms with van der Waals surface area (Å²) in [5.41, 5.74) is -1.05. The first-order valence-electron chi connectivity index (χ1n) is 7.27. The van der Waals surface area contributed by atoms with Gasteiger partial charge in [0.1, 0.15) is 0 Å². The van der Waals surface area contributed by atoms with E-state index in [0.29, 0.717) is 17.8 Å². The minimum atomic E-state index is -0.644. The highest BCUT2D eigenvalue weighted by atomic mass is 16.3. The Hall–Kier alpha value is -0.550. The molecule has 3 fully saturated rings. The van der Waals surface area contributed by atoms with E-state index in [1.807, 2.05) is 0 Å². The second kappa shape index (κ2) is 3.72. The first-order chi connectivity index (χ1) is 8.13. The van der Waals surface area contributed by atoms with Gasteiger partial charge in [-0.2, -0.15) is 5.26 Å². The average Bonchev–Trinajstić information content (AvgIpc) is 3.02. The molecule has 0 amide bonds. The number of hydrogen-bond donors (Lipinski definition) is 1. The van der Waals surface area contributed by atoms with E-state index in [1.54, 1.807) is 0 Å². The molecule has 0 aliphatic heterocycles. The molecular weight excluding hydrogens is 210 g/mol. The first kappa shape index (κ1) is 11.5. The van der Waals surface area contributed by atoms with Gasteiger partial charge in [-0.05, 0) is 62.7 Å². The minimum absolute atomic E-state index is 0.409. The van der Waals surface area contributed by atoms with E-state index in [9.17, 15) is 10.4 Å². The molecular formula is C15H23NO. The van der Waals surface area contributed by atoms with Crippen LogP contribution in [0.2, 0.25) is 0 Å². The summed E-state index contributed by atoms with van der Waals surface area (Å²) >= 11 is 0. The van der Waals surface area contributed by atoms with Crippen LogP contribution in [0.4, 0.5) is 0 Å². The number of rotatable bonds is 2. The van der Waals surface area contributed by atoms with Crippen LogP contribution in [0, 0.1) is 34.5 Å². The largest absolute Gasteiger partial charge is 0.388 e. The summed E-state index contributed by atoms with van der Waals surface area (Å²) in [6.07, 6.45) is 8.70. The SMILES string of the molecule is CCC1CCC(C#N)(C2(O)CC3CCC2C3)C1. The predicted octanol–water partition coefficient (Wildman–Crippen LogP) is 3.26. The summed E-state index contributed by atoms with van der Waals surface area (Å²) in [4.78, 5) is 0. The fourth-order valence-corrected chi connectivity index (χ4v) is 4.97. The van der Waals surface area contributed by atoms with E-state index >= 15 is 0 Å². The van der Waals surface area contributed by atoms with Crippen molar-refractivity contribution in [2.75, 3.05) is 0 Å². The molecule has 2 bridgehead atoms. The zero-order valence-electron chi connectivity index (χ0n) is 10.8. The van der Waals surface area contributed by atoms with Gasteiger partial charge in [-0.1, -0.05) is 13.3 Å². The fraction of sp³-hybridized carbons (Fsp3) is 0.933. The van der Waals surface area contributed by atoms with Crippen LogP contribution in [0.15, 0.2) is 0 Å². The molecule has 0 radical (unpaired) electrons. The molecule has 3 aliphatic carbocycles. The quantitative estimate of drug-likeness (QED) is 0.795. The van der Waals surface area contributed by atoms with Crippen LogP contribution >= 0.6 is 0 Å². The van der Waals surface area contributed by atoms with E-state index in [0.717, 1.165) is 38.5 Å². The van der Waals surface area contributed by atoms with Crippen LogP contribution in [0.25, 0.3) is 0 Å². The van der Waals surface area contributed by atoms with Gasteiger partial charge < -0.3 is 5.11 Å². The molecule has 3 rings (SSSR count). The van der Waals surface area contributed by atoms with Crippen LogP contribution in [0.5, 0.6) is 0 Å². The number of nitrogens with zero attached hydrogens (tertiary/aromatic N) is 1. The Morgan fingerprint density at radius 1 is 1.29 bits per heavy atom. The third-order valence-electron chi connectivity index (χ3n) is 6.05. The van der Waals surface area contributed by atoms with Crippen molar-refractivity contribution in [3.05, 3.63) is 0 Å². The van der Waals surface area contributed by atoms with Crippen molar-refractivity contribution in [1.29, 1.82) is 5.26 Å². The van der Waals surface area contributed by atoms with Crippen LogP contribution in [-0.4, -0.2) is 10.7 Å². The van der Waals surface area contributed by atoms with Crippen molar-refractivity contribution in [3.8, 4) is 6.07 Å². The van der Waals surface area contributed by atoms with Gasteiger partial charge in [0.2, 0.25) is 0 Å². The summed E-state index contributed by atoms with van der Waals surface area (Å²) in [6, 6.07) is 2.56. The Labute approximate surface area is 104 Å². The molecule has 94 valence electrons. The summed E-state index contributed by atoms with van der Waals surface area (Å²) in [5, 5.41) is 20.8. The monoisotopic (exact) mass is 233 g/mol. The molecule has 17 heavy (non-hydrogen) atoms. The maximum absolute atomic E-state index is 11.1. The van der Waals surface area contributed by atoms with Gasteiger partial charge >= 0.3 is 0 Å². The van der Waals surface area contributed by atoms with Gasteiger partial charge in [0, 0.05) is 0 Å². The van der Waals surface area contributed by atoms with E-state index in [2.05, 4.69) is 13.0 Å². The molecule has 0 aromatic carbocycles. The number of hydrogen-bond acceptors (Lipinski definition) is 2. The van der Waals surface area contributed by atoms with E-state index in [1.165, 1.54) is 12.8 Å². The summed E-state index contributed by atoms with van der Waals surface area (Å²) in [5.74, 6) is 1.79. The smallest absolute Gasteiger partial charge is 0.0865 e. The Balaban J connectivity index is 1.89. The Bertz CT molecular complexity index is 360. The van der Waals surface area contributed by atoms with Crippen molar-refractivity contribution < 1.29 is 5.11 Å². The lowest BCUT2D eigenvalue weighted by Gasteiger charge is -2.43. The predicted molar refractivity (Wildman–Crippen MR) is 66.1 cm³/mol. The lowest BCUT2D eigenvalue weighted by molar-refractivity contribution is -0.0964. The van der Waals surface area contributed by atoms with Crippen molar-refractivity contribution in [1.82, 2.24) is 0 Å². The summed E-state index contributed by atoms with van der Waals surface area (Å²) in [7, 11) is 0. The molecule has 0 spiro atoms. The molecule has 3 aliphatic rings. The van der Waals surface area contributed by atoms with Crippen molar-refractivity contribution in [2.45, 2.75) is 63.9 Å². The zero-order chi connectivity index (χ0) is 12.1. The average molecular weight is 233 g/mol. The fourth-order valence-electron chi connectivity index (χ4n) is 4.97. The molecule has 0 saturated heterocycles. The highest BCUT2D eigenvalue weighted by Gasteiger charge is 2.63. The minimum Gasteiger partial charge on any atom is -0.388 e. The second-order valence-corrected chi connectivity index (χ2v) is 6.72. The molecule has 3 saturated carbocycles. The number of fused-ring (bicyclic) bond motifs is 2.